The van der Waals surface area contributed by atoms with Crippen molar-refractivity contribution < 1.29 is 4.79 Å². The first-order valence-corrected chi connectivity index (χ1v) is 13.9. The number of carbonyl (C=O) groups excluding carboxylic acids is 1. The predicted molar refractivity (Wildman–Crippen MR) is 161 cm³/mol. The number of likely N-dealkylation sites (N-methyl/N-ethyl adjacent to an activating group) is 2. The molecule has 2 N–H and O–H groups in total. The molecule has 2 aromatic heterocycles. The fraction of sp³-hybridized carbons (Fsp3) is 0.452. The number of pyridine rings is 2. The highest BCUT2D eigenvalue weighted by molar-refractivity contribution is 5.98. The summed E-state index contributed by atoms with van der Waals surface area (Å²) in [5.74, 6) is 0.558. The van der Waals surface area contributed by atoms with Crippen LogP contribution in [0.3, 0.4) is 0 Å². The van der Waals surface area contributed by atoms with Crippen LogP contribution in [0.15, 0.2) is 41.2 Å². The molecular formula is C31H43N7O2. The van der Waals surface area contributed by atoms with E-state index >= 15 is 0 Å². The summed E-state index contributed by atoms with van der Waals surface area (Å²) in [6.45, 7) is 11.5. The lowest BCUT2D eigenvalue weighted by molar-refractivity contribution is 0.0950. The van der Waals surface area contributed by atoms with E-state index in [1.54, 1.807) is 11.6 Å². The highest BCUT2D eigenvalue weighted by Crippen LogP contribution is 2.32. The lowest BCUT2D eigenvalue weighted by Gasteiger charge is -2.23. The van der Waals surface area contributed by atoms with Crippen molar-refractivity contribution in [2.45, 2.75) is 53.4 Å². The molecule has 9 heteroatoms. The van der Waals surface area contributed by atoms with Crippen LogP contribution in [0.4, 0.5) is 5.82 Å². The number of hydrazine groups is 1. The largest absolute Gasteiger partial charge is 0.348 e. The van der Waals surface area contributed by atoms with Gasteiger partial charge in [-0.1, -0.05) is 18.2 Å². The van der Waals surface area contributed by atoms with Gasteiger partial charge in [-0.15, -0.1) is 0 Å². The number of rotatable bonds is 10. The summed E-state index contributed by atoms with van der Waals surface area (Å²) in [6.07, 6.45) is 0. The fourth-order valence-corrected chi connectivity index (χ4v) is 5.05. The number of nitrogens with zero attached hydrogens (tertiary/aromatic N) is 5. The Morgan fingerprint density at radius 2 is 1.88 bits per heavy atom. The molecular weight excluding hydrogens is 502 g/mol. The molecule has 0 atom stereocenters. The summed E-state index contributed by atoms with van der Waals surface area (Å²) in [6, 6.07) is 12.4. The SMILES string of the molecule is Cc1cc(C)n(C)c(=O)c1CNC(=O)c1cc(-c2cccc(CN(C)CCN(C)C)c2)nc2c1CNN2C(C)C. The van der Waals surface area contributed by atoms with Gasteiger partial charge < -0.3 is 19.7 Å². The van der Waals surface area contributed by atoms with Crippen molar-refractivity contribution in [1.82, 2.24) is 30.1 Å². The summed E-state index contributed by atoms with van der Waals surface area (Å²) in [7, 11) is 8.05. The van der Waals surface area contributed by atoms with Crippen molar-refractivity contribution in [1.29, 1.82) is 0 Å². The highest BCUT2D eigenvalue weighted by Gasteiger charge is 2.29. The number of hydrogen-bond acceptors (Lipinski definition) is 7. The first kappa shape index (κ1) is 29.5. The molecule has 40 heavy (non-hydrogen) atoms. The van der Waals surface area contributed by atoms with Gasteiger partial charge in [0.2, 0.25) is 0 Å². The number of benzene rings is 1. The van der Waals surface area contributed by atoms with E-state index in [2.05, 4.69) is 67.7 Å². The van der Waals surface area contributed by atoms with Crippen LogP contribution in [-0.2, 0) is 26.7 Å². The Hall–Kier alpha value is -3.53. The number of nitrogens with one attached hydrogen (secondary N) is 2. The van der Waals surface area contributed by atoms with Crippen molar-refractivity contribution in [2.24, 2.45) is 7.05 Å². The molecule has 214 valence electrons. The Morgan fingerprint density at radius 1 is 1.12 bits per heavy atom. The zero-order valence-corrected chi connectivity index (χ0v) is 25.1. The Balaban J connectivity index is 1.66. The van der Waals surface area contributed by atoms with E-state index in [4.69, 9.17) is 4.98 Å². The fourth-order valence-electron chi connectivity index (χ4n) is 5.05. The van der Waals surface area contributed by atoms with Gasteiger partial charge in [0.15, 0.2) is 0 Å². The minimum atomic E-state index is -0.214. The van der Waals surface area contributed by atoms with Crippen LogP contribution in [0.5, 0.6) is 0 Å². The van der Waals surface area contributed by atoms with Gasteiger partial charge in [-0.3, -0.25) is 14.6 Å². The van der Waals surface area contributed by atoms with Gasteiger partial charge in [0.05, 0.1) is 5.69 Å². The van der Waals surface area contributed by atoms with Crippen LogP contribution in [0.1, 0.15) is 52.2 Å². The molecule has 1 aromatic carbocycles. The average molecular weight is 546 g/mol. The minimum absolute atomic E-state index is 0.0848. The third-order valence-electron chi connectivity index (χ3n) is 7.54. The van der Waals surface area contributed by atoms with Crippen LogP contribution < -0.4 is 21.3 Å². The average Bonchev–Trinajstić information content (AvgIpc) is 3.34. The Bertz CT molecular complexity index is 1440. The van der Waals surface area contributed by atoms with Crippen LogP contribution in [0.2, 0.25) is 0 Å². The van der Waals surface area contributed by atoms with Crippen LogP contribution in [0.25, 0.3) is 11.3 Å². The van der Waals surface area contributed by atoms with Gasteiger partial charge in [-0.2, -0.15) is 0 Å². The molecule has 9 nitrogen and oxygen atoms in total. The topological polar surface area (TPSA) is 85.7 Å². The second-order valence-electron chi connectivity index (χ2n) is 11.4. The van der Waals surface area contributed by atoms with Crippen molar-refractivity contribution in [2.75, 3.05) is 39.2 Å². The van der Waals surface area contributed by atoms with Crippen molar-refractivity contribution in [3.05, 3.63) is 80.3 Å². The summed E-state index contributed by atoms with van der Waals surface area (Å²) >= 11 is 0. The summed E-state index contributed by atoms with van der Waals surface area (Å²) in [5.41, 5.74) is 10.0. The molecule has 0 fully saturated rings. The maximum Gasteiger partial charge on any atom is 0.255 e. The Kier molecular flexibility index (Phi) is 9.08. The number of amides is 1. The molecule has 4 rings (SSSR count). The van der Waals surface area contributed by atoms with Crippen LogP contribution >= 0.6 is 0 Å². The third-order valence-corrected chi connectivity index (χ3v) is 7.54. The summed E-state index contributed by atoms with van der Waals surface area (Å²) < 4.78 is 1.62. The van der Waals surface area contributed by atoms with E-state index in [0.29, 0.717) is 17.7 Å². The van der Waals surface area contributed by atoms with E-state index in [1.165, 1.54) is 5.56 Å². The second-order valence-corrected chi connectivity index (χ2v) is 11.4. The summed E-state index contributed by atoms with van der Waals surface area (Å²) in [4.78, 5) is 36.0. The van der Waals surface area contributed by atoms with Crippen LogP contribution in [-0.4, -0.2) is 65.5 Å². The zero-order chi connectivity index (χ0) is 29.1. The van der Waals surface area contributed by atoms with Gasteiger partial charge in [0.25, 0.3) is 11.5 Å². The van der Waals surface area contributed by atoms with E-state index in [0.717, 1.165) is 53.5 Å². The van der Waals surface area contributed by atoms with Crippen molar-refractivity contribution in [3.8, 4) is 11.3 Å². The molecule has 3 heterocycles. The molecule has 1 aliphatic rings. The van der Waals surface area contributed by atoms with Gasteiger partial charge in [0.1, 0.15) is 5.82 Å². The smallest absolute Gasteiger partial charge is 0.255 e. The predicted octanol–water partition coefficient (Wildman–Crippen LogP) is 3.22. The van der Waals surface area contributed by atoms with Gasteiger partial charge in [0, 0.05) is 73.8 Å². The second kappa shape index (κ2) is 12.3. The zero-order valence-electron chi connectivity index (χ0n) is 25.1. The lowest BCUT2D eigenvalue weighted by atomic mass is 10.0. The highest BCUT2D eigenvalue weighted by atomic mass is 16.2. The molecule has 0 radical (unpaired) electrons. The molecule has 3 aromatic rings. The molecule has 0 saturated carbocycles. The number of fused-ring (bicyclic) bond motifs is 1. The number of aromatic nitrogens is 2. The molecule has 0 spiro atoms. The maximum atomic E-state index is 13.6. The lowest BCUT2D eigenvalue weighted by Crippen LogP contribution is -2.38. The number of anilines is 1. The summed E-state index contributed by atoms with van der Waals surface area (Å²) in [5, 5.41) is 5.04. The minimum Gasteiger partial charge on any atom is -0.348 e. The van der Waals surface area contributed by atoms with E-state index in [9.17, 15) is 9.59 Å². The standard InChI is InChI=1S/C31H43N7O2/c1-20(2)38-29-27(18-33-38)25(30(39)32-17-26-21(3)14-22(4)37(8)31(26)40)16-28(34-29)24-11-9-10-23(15-24)19-36(7)13-12-35(5)6/h9-11,14-16,20,33H,12-13,17-19H2,1-8H3,(H,32,39). The van der Waals surface area contributed by atoms with Gasteiger partial charge >= 0.3 is 0 Å². The quantitative estimate of drug-likeness (QED) is 0.405. The van der Waals surface area contributed by atoms with E-state index in [1.807, 2.05) is 43.1 Å². The monoisotopic (exact) mass is 545 g/mol. The first-order valence-electron chi connectivity index (χ1n) is 13.9. The molecule has 0 aliphatic carbocycles. The van der Waals surface area contributed by atoms with E-state index < -0.39 is 0 Å². The molecule has 0 bridgehead atoms. The maximum absolute atomic E-state index is 13.6. The van der Waals surface area contributed by atoms with Gasteiger partial charge in [-0.05, 0) is 78.2 Å². The Labute approximate surface area is 237 Å². The van der Waals surface area contributed by atoms with Crippen LogP contribution in [0, 0.1) is 13.8 Å². The number of aryl methyl sites for hydroxylation is 2. The first-order chi connectivity index (χ1) is 19.0. The number of hydrogen-bond donors (Lipinski definition) is 2. The molecule has 1 amide bonds. The van der Waals surface area contributed by atoms with Crippen molar-refractivity contribution in [3.63, 3.8) is 0 Å². The molecule has 0 saturated heterocycles. The third kappa shape index (κ3) is 6.43. The Morgan fingerprint density at radius 3 is 2.58 bits per heavy atom. The van der Waals surface area contributed by atoms with Gasteiger partial charge in [-0.25, -0.2) is 10.4 Å². The van der Waals surface area contributed by atoms with Crippen molar-refractivity contribution >= 4 is 11.7 Å². The number of carbonyl (C=O) groups is 1. The normalized spacial score (nSPS) is 13.0. The molecule has 0 unspecified atom stereocenters. The van der Waals surface area contributed by atoms with E-state index in [-0.39, 0.29) is 24.1 Å². The molecule has 1 aliphatic heterocycles.